The predicted octanol–water partition coefficient (Wildman–Crippen LogP) is 2.87. The molecule has 0 saturated heterocycles. The van der Waals surface area contributed by atoms with Crippen molar-refractivity contribution in [3.05, 3.63) is 71.3 Å². The fraction of sp³-hybridized carbons (Fsp3) is 0.143. The highest BCUT2D eigenvalue weighted by Crippen LogP contribution is 2.36. The third-order valence-electron chi connectivity index (χ3n) is 4.48. The lowest BCUT2D eigenvalue weighted by atomic mass is 10.2. The molecule has 3 rings (SSSR count). The molecule has 128 valence electrons. The highest BCUT2D eigenvalue weighted by atomic mass is 31.1. The standard InChI is InChI=1S/C21H24P4/c1-13-7-4-10-16(22)19(13)25(20-14(2)8-5-11-17(20)23)21-15(3)9-6-12-18(21)24/h4-12H,22-24H2,1-3H3. The minimum absolute atomic E-state index is 0.633. The molecule has 3 aromatic carbocycles. The molecule has 0 heterocycles. The second kappa shape index (κ2) is 7.95. The van der Waals surface area contributed by atoms with Gasteiger partial charge in [0.15, 0.2) is 0 Å². The Labute approximate surface area is 159 Å². The van der Waals surface area contributed by atoms with Crippen LogP contribution in [-0.2, 0) is 0 Å². The Morgan fingerprint density at radius 3 is 1.04 bits per heavy atom. The number of aryl methyl sites for hydroxylation is 3. The Balaban J connectivity index is 2.42. The molecule has 0 fully saturated rings. The van der Waals surface area contributed by atoms with E-state index in [2.05, 4.69) is 103 Å². The zero-order chi connectivity index (χ0) is 18.1. The Morgan fingerprint density at radius 2 is 0.800 bits per heavy atom. The van der Waals surface area contributed by atoms with Gasteiger partial charge in [0, 0.05) is 0 Å². The molecule has 0 spiro atoms. The first kappa shape index (κ1) is 19.2. The van der Waals surface area contributed by atoms with Gasteiger partial charge in [0.05, 0.1) is 0 Å². The molecular weight excluding hydrogens is 376 g/mol. The van der Waals surface area contributed by atoms with E-state index in [1.165, 1.54) is 48.5 Å². The molecule has 25 heavy (non-hydrogen) atoms. The van der Waals surface area contributed by atoms with E-state index in [4.69, 9.17) is 0 Å². The van der Waals surface area contributed by atoms with E-state index in [1.807, 2.05) is 0 Å². The highest BCUT2D eigenvalue weighted by Gasteiger charge is 2.26. The summed E-state index contributed by atoms with van der Waals surface area (Å²) in [7, 11) is 8.24. The summed E-state index contributed by atoms with van der Waals surface area (Å²) < 4.78 is 0. The van der Waals surface area contributed by atoms with Gasteiger partial charge in [0.2, 0.25) is 0 Å². The molecule has 0 bridgehead atoms. The second-order valence-electron chi connectivity index (χ2n) is 6.37. The van der Waals surface area contributed by atoms with Crippen molar-refractivity contribution in [1.29, 1.82) is 0 Å². The first-order chi connectivity index (χ1) is 11.9. The summed E-state index contributed by atoms with van der Waals surface area (Å²) >= 11 is 0. The summed E-state index contributed by atoms with van der Waals surface area (Å²) in [6.45, 7) is 6.71. The molecule has 0 aromatic heterocycles. The maximum Gasteiger partial charge on any atom is -0.00496 e. The van der Waals surface area contributed by atoms with E-state index >= 15 is 0 Å². The SMILES string of the molecule is Cc1cccc(P)c1P(c1c(C)cccc1P)c1c(C)cccc1P. The van der Waals surface area contributed by atoms with E-state index in [9.17, 15) is 0 Å². The van der Waals surface area contributed by atoms with Crippen LogP contribution in [-0.4, -0.2) is 0 Å². The maximum absolute atomic E-state index is 2.96. The normalized spacial score (nSPS) is 11.2. The van der Waals surface area contributed by atoms with Crippen molar-refractivity contribution in [2.75, 3.05) is 0 Å². The lowest BCUT2D eigenvalue weighted by molar-refractivity contribution is 1.51. The first-order valence-electron chi connectivity index (χ1n) is 8.27. The van der Waals surface area contributed by atoms with Gasteiger partial charge in [-0.25, -0.2) is 0 Å². The molecule has 0 radical (unpaired) electrons. The fourth-order valence-corrected chi connectivity index (χ4v) is 8.43. The summed E-state index contributed by atoms with van der Waals surface area (Å²) in [6, 6.07) is 19.8. The molecule has 0 aliphatic heterocycles. The summed E-state index contributed by atoms with van der Waals surface area (Å²) in [5.74, 6) is 0. The van der Waals surface area contributed by atoms with Gasteiger partial charge in [-0.1, -0.05) is 54.6 Å². The number of hydrogen-bond acceptors (Lipinski definition) is 0. The van der Waals surface area contributed by atoms with Crippen LogP contribution in [0.2, 0.25) is 0 Å². The monoisotopic (exact) mass is 400 g/mol. The topological polar surface area (TPSA) is 0 Å². The van der Waals surface area contributed by atoms with Crippen molar-refractivity contribution in [2.24, 2.45) is 0 Å². The minimum Gasteiger partial charge on any atom is -0.105 e. The molecule has 0 aliphatic rings. The predicted molar refractivity (Wildman–Crippen MR) is 127 cm³/mol. The van der Waals surface area contributed by atoms with Crippen LogP contribution in [0.4, 0.5) is 0 Å². The second-order valence-corrected chi connectivity index (χ2v) is 10.3. The molecule has 0 N–H and O–H groups in total. The van der Waals surface area contributed by atoms with Crippen molar-refractivity contribution in [3.63, 3.8) is 0 Å². The Morgan fingerprint density at radius 1 is 0.520 bits per heavy atom. The average Bonchev–Trinajstić information content (AvgIpc) is 2.53. The molecule has 0 nitrogen and oxygen atoms in total. The van der Waals surface area contributed by atoms with Gasteiger partial charge in [-0.2, -0.15) is 0 Å². The summed E-state index contributed by atoms with van der Waals surface area (Å²) in [5, 5.41) is 8.26. The van der Waals surface area contributed by atoms with Crippen LogP contribution < -0.4 is 31.8 Å². The van der Waals surface area contributed by atoms with Crippen LogP contribution in [0.25, 0.3) is 0 Å². The van der Waals surface area contributed by atoms with Gasteiger partial charge in [0.1, 0.15) is 0 Å². The third kappa shape index (κ3) is 3.75. The largest absolute Gasteiger partial charge is 0.105 e. The van der Waals surface area contributed by atoms with Crippen LogP contribution in [0.1, 0.15) is 16.7 Å². The zero-order valence-corrected chi connectivity index (χ0v) is 19.2. The van der Waals surface area contributed by atoms with Crippen LogP contribution in [0.5, 0.6) is 0 Å². The quantitative estimate of drug-likeness (QED) is 0.594. The summed E-state index contributed by atoms with van der Waals surface area (Å²) in [5.41, 5.74) is 4.08. The van der Waals surface area contributed by atoms with Crippen molar-refractivity contribution in [3.8, 4) is 0 Å². The molecule has 3 unspecified atom stereocenters. The summed E-state index contributed by atoms with van der Waals surface area (Å²) in [4.78, 5) is 0. The Hall–Kier alpha value is -0.620. The highest BCUT2D eigenvalue weighted by molar-refractivity contribution is 7.82. The van der Waals surface area contributed by atoms with E-state index in [0.717, 1.165) is 0 Å². The molecule has 3 atom stereocenters. The number of benzene rings is 3. The molecule has 0 amide bonds. The maximum atomic E-state index is 2.96. The van der Waals surface area contributed by atoms with Gasteiger partial charge in [-0.3, -0.25) is 0 Å². The molecule has 0 aliphatic carbocycles. The molecule has 3 aromatic rings. The smallest absolute Gasteiger partial charge is 0.00496 e. The van der Waals surface area contributed by atoms with Crippen molar-refractivity contribution in [2.45, 2.75) is 20.8 Å². The molecular formula is C21H24P4. The van der Waals surface area contributed by atoms with Crippen molar-refractivity contribution < 1.29 is 0 Å². The van der Waals surface area contributed by atoms with Crippen LogP contribution in [0.3, 0.4) is 0 Å². The molecule has 4 heteroatoms. The zero-order valence-electron chi connectivity index (χ0n) is 14.9. The average molecular weight is 400 g/mol. The van der Waals surface area contributed by atoms with E-state index < -0.39 is 7.92 Å². The number of rotatable bonds is 3. The van der Waals surface area contributed by atoms with Gasteiger partial charge >= 0.3 is 0 Å². The van der Waals surface area contributed by atoms with Gasteiger partial charge in [0.25, 0.3) is 0 Å². The summed E-state index contributed by atoms with van der Waals surface area (Å²) in [6.07, 6.45) is 0. The lowest BCUT2D eigenvalue weighted by Gasteiger charge is -2.28. The minimum atomic E-state index is -0.633. The van der Waals surface area contributed by atoms with E-state index in [1.54, 1.807) is 0 Å². The van der Waals surface area contributed by atoms with Crippen molar-refractivity contribution >= 4 is 67.5 Å². The first-order valence-corrected chi connectivity index (χ1v) is 11.3. The van der Waals surface area contributed by atoms with Gasteiger partial charge in [-0.15, -0.1) is 27.7 Å². The third-order valence-corrected chi connectivity index (χ3v) is 9.82. The van der Waals surface area contributed by atoms with Gasteiger partial charge in [-0.05, 0) is 77.2 Å². The van der Waals surface area contributed by atoms with Crippen LogP contribution >= 0.6 is 35.6 Å². The van der Waals surface area contributed by atoms with E-state index in [-0.39, 0.29) is 0 Å². The Kier molecular flexibility index (Phi) is 6.09. The molecule has 0 saturated carbocycles. The van der Waals surface area contributed by atoms with Gasteiger partial charge < -0.3 is 0 Å². The number of hydrogen-bond donors (Lipinski definition) is 0. The van der Waals surface area contributed by atoms with Crippen LogP contribution in [0, 0.1) is 20.8 Å². The van der Waals surface area contributed by atoms with Crippen LogP contribution in [0.15, 0.2) is 54.6 Å². The lowest BCUT2D eigenvalue weighted by Crippen LogP contribution is -2.39. The Bertz CT molecular complexity index is 748. The van der Waals surface area contributed by atoms with E-state index in [0.29, 0.717) is 0 Å². The fourth-order valence-electron chi connectivity index (χ4n) is 3.30. The van der Waals surface area contributed by atoms with Crippen molar-refractivity contribution in [1.82, 2.24) is 0 Å².